The highest BCUT2D eigenvalue weighted by Gasteiger charge is 2.22. The number of urea groups is 1. The maximum atomic E-state index is 12.4. The molecule has 6 heteroatoms. The van der Waals surface area contributed by atoms with Gasteiger partial charge in [-0.05, 0) is 57.4 Å². The molecular formula is C21H33N3O3. The molecule has 0 aromatic heterocycles. The van der Waals surface area contributed by atoms with Gasteiger partial charge in [-0.15, -0.1) is 0 Å². The maximum Gasteiger partial charge on any atom is 0.321 e. The van der Waals surface area contributed by atoms with Crippen LogP contribution in [0.15, 0.2) is 12.1 Å². The molecule has 6 nitrogen and oxygen atoms in total. The van der Waals surface area contributed by atoms with Crippen LogP contribution in [0.2, 0.25) is 0 Å². The summed E-state index contributed by atoms with van der Waals surface area (Å²) in [5.74, 6) is 0.611. The molecule has 1 aliphatic rings. The highest BCUT2D eigenvalue weighted by Crippen LogP contribution is 2.25. The molecule has 1 aromatic rings. The van der Waals surface area contributed by atoms with Crippen molar-refractivity contribution in [2.45, 2.75) is 71.5 Å². The average Bonchev–Trinajstić information content (AvgIpc) is 2.61. The first kappa shape index (κ1) is 21.2. The molecule has 3 amide bonds. The van der Waals surface area contributed by atoms with Gasteiger partial charge >= 0.3 is 6.03 Å². The predicted molar refractivity (Wildman–Crippen MR) is 107 cm³/mol. The lowest BCUT2D eigenvalue weighted by atomic mass is 9.96. The van der Waals surface area contributed by atoms with Gasteiger partial charge in [0.05, 0.1) is 13.2 Å². The number of carbonyl (C=O) groups excluding carboxylic acids is 2. The number of hydrogen-bond donors (Lipinski definition) is 2. The standard InChI is InChI=1S/C21H33N3O3/c1-14-11-17(12-15(2)19(14)27-5)13-24(4)16(3)20(25)23-21(26)22-18-9-7-6-8-10-18/h11-12,16,18H,6-10,13H2,1-5H3,(H2,22,23,25,26). The van der Waals surface area contributed by atoms with Crippen molar-refractivity contribution in [3.63, 3.8) is 0 Å². The number of likely N-dealkylation sites (N-methyl/N-ethyl adjacent to an activating group) is 1. The summed E-state index contributed by atoms with van der Waals surface area (Å²) in [7, 11) is 3.56. The zero-order chi connectivity index (χ0) is 20.0. The van der Waals surface area contributed by atoms with Crippen LogP contribution in [0.4, 0.5) is 4.79 Å². The van der Waals surface area contributed by atoms with Gasteiger partial charge < -0.3 is 10.1 Å². The van der Waals surface area contributed by atoms with Crippen molar-refractivity contribution in [2.24, 2.45) is 0 Å². The van der Waals surface area contributed by atoms with Gasteiger partial charge in [-0.1, -0.05) is 31.4 Å². The number of hydrogen-bond acceptors (Lipinski definition) is 4. The van der Waals surface area contributed by atoms with Crippen LogP contribution in [0.1, 0.15) is 55.7 Å². The van der Waals surface area contributed by atoms with Crippen molar-refractivity contribution in [1.29, 1.82) is 0 Å². The normalized spacial score (nSPS) is 16.1. The number of aryl methyl sites for hydroxylation is 2. The van der Waals surface area contributed by atoms with Crippen LogP contribution in [0.3, 0.4) is 0 Å². The molecule has 1 saturated carbocycles. The summed E-state index contributed by atoms with van der Waals surface area (Å²) in [6, 6.07) is 3.53. The zero-order valence-electron chi connectivity index (χ0n) is 17.2. The van der Waals surface area contributed by atoms with E-state index in [4.69, 9.17) is 4.74 Å². The number of amides is 3. The van der Waals surface area contributed by atoms with E-state index in [1.807, 2.05) is 32.7 Å². The predicted octanol–water partition coefficient (Wildman–Crippen LogP) is 3.29. The number of rotatable bonds is 6. The highest BCUT2D eigenvalue weighted by atomic mass is 16.5. The quantitative estimate of drug-likeness (QED) is 0.800. The fraction of sp³-hybridized carbons (Fsp3) is 0.619. The fourth-order valence-electron chi connectivity index (χ4n) is 3.76. The van der Waals surface area contributed by atoms with E-state index in [1.165, 1.54) is 6.42 Å². The van der Waals surface area contributed by atoms with E-state index >= 15 is 0 Å². The topological polar surface area (TPSA) is 70.7 Å². The van der Waals surface area contributed by atoms with Crippen LogP contribution in [0.5, 0.6) is 5.75 Å². The first-order chi connectivity index (χ1) is 12.8. The molecule has 0 saturated heterocycles. The summed E-state index contributed by atoms with van der Waals surface area (Å²) in [4.78, 5) is 26.5. The van der Waals surface area contributed by atoms with Gasteiger partial charge in [0.1, 0.15) is 5.75 Å². The fourth-order valence-corrected chi connectivity index (χ4v) is 3.76. The first-order valence-corrected chi connectivity index (χ1v) is 9.77. The lowest BCUT2D eigenvalue weighted by Crippen LogP contribution is -2.50. The third-order valence-corrected chi connectivity index (χ3v) is 5.37. The molecule has 0 bridgehead atoms. The Balaban J connectivity index is 1.89. The third kappa shape index (κ3) is 5.96. The van der Waals surface area contributed by atoms with E-state index in [0.29, 0.717) is 6.54 Å². The van der Waals surface area contributed by atoms with Gasteiger partial charge in [0.15, 0.2) is 0 Å². The maximum absolute atomic E-state index is 12.4. The summed E-state index contributed by atoms with van der Waals surface area (Å²) in [5, 5.41) is 5.40. The Kier molecular flexibility index (Phi) is 7.66. The molecule has 1 aliphatic carbocycles. The first-order valence-electron chi connectivity index (χ1n) is 9.77. The van der Waals surface area contributed by atoms with Gasteiger partial charge in [0.25, 0.3) is 0 Å². The van der Waals surface area contributed by atoms with E-state index in [2.05, 4.69) is 22.8 Å². The highest BCUT2D eigenvalue weighted by molar-refractivity contribution is 5.96. The van der Waals surface area contributed by atoms with E-state index in [-0.39, 0.29) is 18.0 Å². The molecule has 1 atom stereocenters. The Morgan fingerprint density at radius 1 is 1.19 bits per heavy atom. The summed E-state index contributed by atoms with van der Waals surface area (Å²) in [5.41, 5.74) is 3.26. The Morgan fingerprint density at radius 2 is 1.78 bits per heavy atom. The van der Waals surface area contributed by atoms with Crippen LogP contribution in [0, 0.1) is 13.8 Å². The van der Waals surface area contributed by atoms with Crippen LogP contribution < -0.4 is 15.4 Å². The van der Waals surface area contributed by atoms with Gasteiger partial charge in [0.2, 0.25) is 5.91 Å². The van der Waals surface area contributed by atoms with E-state index in [0.717, 1.165) is 48.1 Å². The zero-order valence-corrected chi connectivity index (χ0v) is 17.2. The second-order valence-electron chi connectivity index (χ2n) is 7.65. The third-order valence-electron chi connectivity index (χ3n) is 5.37. The Morgan fingerprint density at radius 3 is 2.33 bits per heavy atom. The van der Waals surface area contributed by atoms with Crippen LogP contribution >= 0.6 is 0 Å². The number of benzene rings is 1. The summed E-state index contributed by atoms with van der Waals surface area (Å²) < 4.78 is 5.41. The molecule has 0 radical (unpaired) electrons. The number of imide groups is 1. The number of nitrogens with zero attached hydrogens (tertiary/aromatic N) is 1. The summed E-state index contributed by atoms with van der Waals surface area (Å²) >= 11 is 0. The number of carbonyl (C=O) groups is 2. The molecule has 0 aliphatic heterocycles. The Labute approximate surface area is 162 Å². The monoisotopic (exact) mass is 375 g/mol. The molecule has 1 aromatic carbocycles. The molecule has 2 N–H and O–H groups in total. The van der Waals surface area contributed by atoms with Crippen molar-refractivity contribution in [2.75, 3.05) is 14.2 Å². The van der Waals surface area contributed by atoms with E-state index in [1.54, 1.807) is 7.11 Å². The molecule has 1 unspecified atom stereocenters. The van der Waals surface area contributed by atoms with Crippen molar-refractivity contribution in [1.82, 2.24) is 15.5 Å². The molecular weight excluding hydrogens is 342 g/mol. The second-order valence-corrected chi connectivity index (χ2v) is 7.65. The molecule has 1 fully saturated rings. The van der Waals surface area contributed by atoms with Gasteiger partial charge in [-0.2, -0.15) is 0 Å². The van der Waals surface area contributed by atoms with Crippen molar-refractivity contribution < 1.29 is 14.3 Å². The van der Waals surface area contributed by atoms with Crippen LogP contribution in [-0.2, 0) is 11.3 Å². The summed E-state index contributed by atoms with van der Waals surface area (Å²) in [6.07, 6.45) is 5.49. The second kappa shape index (κ2) is 9.74. The minimum atomic E-state index is -0.412. The largest absolute Gasteiger partial charge is 0.496 e. The van der Waals surface area contributed by atoms with E-state index in [9.17, 15) is 9.59 Å². The number of methoxy groups -OCH3 is 1. The average molecular weight is 376 g/mol. The van der Waals surface area contributed by atoms with Crippen LogP contribution in [0.25, 0.3) is 0 Å². The smallest absolute Gasteiger partial charge is 0.321 e. The molecule has 150 valence electrons. The SMILES string of the molecule is COc1c(C)cc(CN(C)C(C)C(=O)NC(=O)NC2CCCCC2)cc1C. The van der Waals surface area contributed by atoms with Gasteiger partial charge in [-0.25, -0.2) is 4.79 Å². The molecule has 0 heterocycles. The number of ether oxygens (including phenoxy) is 1. The van der Waals surface area contributed by atoms with Gasteiger partial charge in [-0.3, -0.25) is 15.0 Å². The summed E-state index contributed by atoms with van der Waals surface area (Å²) in [6.45, 7) is 6.46. The Bertz CT molecular complexity index is 646. The Hall–Kier alpha value is -2.08. The van der Waals surface area contributed by atoms with Crippen molar-refractivity contribution in [3.05, 3.63) is 28.8 Å². The minimum absolute atomic E-state index is 0.185. The lowest BCUT2D eigenvalue weighted by molar-refractivity contribution is -0.124. The number of nitrogens with one attached hydrogen (secondary N) is 2. The van der Waals surface area contributed by atoms with Crippen molar-refractivity contribution in [3.8, 4) is 5.75 Å². The molecule has 27 heavy (non-hydrogen) atoms. The lowest BCUT2D eigenvalue weighted by Gasteiger charge is -2.26. The van der Waals surface area contributed by atoms with Crippen LogP contribution in [-0.4, -0.2) is 43.1 Å². The molecule has 2 rings (SSSR count). The van der Waals surface area contributed by atoms with Gasteiger partial charge in [0, 0.05) is 12.6 Å². The van der Waals surface area contributed by atoms with Crippen molar-refractivity contribution >= 4 is 11.9 Å². The van der Waals surface area contributed by atoms with E-state index < -0.39 is 6.04 Å². The molecule has 0 spiro atoms. The minimum Gasteiger partial charge on any atom is -0.496 e.